The first-order valence-corrected chi connectivity index (χ1v) is 6.56. The van der Waals surface area contributed by atoms with Gasteiger partial charge in [0.15, 0.2) is 5.58 Å². The first-order chi connectivity index (χ1) is 9.63. The molecule has 2 aromatic carbocycles. The lowest BCUT2D eigenvalue weighted by Crippen LogP contribution is -2.13. The highest BCUT2D eigenvalue weighted by atomic mass is 35.5. The molecule has 0 saturated carbocycles. The molecule has 3 aromatic rings. The fourth-order valence-corrected chi connectivity index (χ4v) is 2.33. The largest absolute Gasteiger partial charge is 0.437 e. The number of hydrogen-bond acceptors (Lipinski definition) is 3. The van der Waals surface area contributed by atoms with E-state index in [0.29, 0.717) is 23.4 Å². The van der Waals surface area contributed by atoms with Crippen molar-refractivity contribution in [2.24, 2.45) is 5.73 Å². The lowest BCUT2D eigenvalue weighted by atomic mass is 10.1. The van der Waals surface area contributed by atoms with Crippen LogP contribution in [-0.2, 0) is 6.42 Å². The van der Waals surface area contributed by atoms with E-state index in [9.17, 15) is 4.39 Å². The van der Waals surface area contributed by atoms with Crippen LogP contribution < -0.4 is 5.73 Å². The summed E-state index contributed by atoms with van der Waals surface area (Å²) in [5.41, 5.74) is 7.92. The van der Waals surface area contributed by atoms with E-state index >= 15 is 0 Å². The van der Waals surface area contributed by atoms with Crippen molar-refractivity contribution in [3.63, 3.8) is 0 Å². The highest BCUT2D eigenvalue weighted by Crippen LogP contribution is 2.28. The van der Waals surface area contributed by atoms with Crippen molar-refractivity contribution in [1.29, 1.82) is 0 Å². The number of oxazole rings is 1. The molecular weight excluding hydrogens is 279 g/mol. The van der Waals surface area contributed by atoms with Crippen LogP contribution in [0.2, 0.25) is 5.02 Å². The van der Waals surface area contributed by atoms with E-state index in [4.69, 9.17) is 21.8 Å². The maximum absolute atomic E-state index is 13.3. The van der Waals surface area contributed by atoms with Gasteiger partial charge >= 0.3 is 0 Å². The SMILES string of the molecule is NC(Cc1ccccc1)c1nc2cc(F)cc(Cl)c2o1. The highest BCUT2D eigenvalue weighted by molar-refractivity contribution is 6.34. The van der Waals surface area contributed by atoms with Crippen LogP contribution in [0.3, 0.4) is 0 Å². The molecule has 0 aliphatic carbocycles. The molecule has 0 aliphatic rings. The topological polar surface area (TPSA) is 52.0 Å². The minimum atomic E-state index is -0.445. The van der Waals surface area contributed by atoms with Crippen molar-refractivity contribution in [3.8, 4) is 0 Å². The summed E-state index contributed by atoms with van der Waals surface area (Å²) >= 11 is 5.93. The van der Waals surface area contributed by atoms with Gasteiger partial charge in [-0.15, -0.1) is 0 Å². The first kappa shape index (κ1) is 13.1. The zero-order chi connectivity index (χ0) is 14.1. The molecule has 0 spiro atoms. The minimum Gasteiger partial charge on any atom is -0.437 e. The number of aromatic nitrogens is 1. The van der Waals surface area contributed by atoms with Gasteiger partial charge in [0.2, 0.25) is 5.89 Å². The van der Waals surface area contributed by atoms with Crippen LogP contribution in [0.25, 0.3) is 11.1 Å². The van der Waals surface area contributed by atoms with Gasteiger partial charge in [0.1, 0.15) is 11.3 Å². The average molecular weight is 291 g/mol. The Balaban J connectivity index is 1.92. The fourth-order valence-electron chi connectivity index (χ4n) is 2.09. The van der Waals surface area contributed by atoms with Gasteiger partial charge in [-0.3, -0.25) is 0 Å². The van der Waals surface area contributed by atoms with Crippen LogP contribution in [-0.4, -0.2) is 4.98 Å². The van der Waals surface area contributed by atoms with Crippen LogP contribution in [0.1, 0.15) is 17.5 Å². The molecule has 1 atom stereocenters. The predicted molar refractivity (Wildman–Crippen MR) is 76.1 cm³/mol. The van der Waals surface area contributed by atoms with Gasteiger partial charge in [0, 0.05) is 6.07 Å². The molecule has 3 rings (SSSR count). The molecular formula is C15H12ClFN2O. The summed E-state index contributed by atoms with van der Waals surface area (Å²) in [5.74, 6) is -0.0877. The molecule has 1 heterocycles. The first-order valence-electron chi connectivity index (χ1n) is 6.18. The third-order valence-corrected chi connectivity index (χ3v) is 3.32. The standard InChI is InChI=1S/C15H12ClFN2O/c16-11-7-10(17)8-13-14(11)20-15(19-13)12(18)6-9-4-2-1-3-5-9/h1-5,7-8,12H,6,18H2. The summed E-state index contributed by atoms with van der Waals surface area (Å²) in [6.07, 6.45) is 0.591. The molecule has 3 nitrogen and oxygen atoms in total. The third-order valence-electron chi connectivity index (χ3n) is 3.04. The van der Waals surface area contributed by atoms with Gasteiger partial charge in [-0.2, -0.15) is 0 Å². The van der Waals surface area contributed by atoms with Gasteiger partial charge < -0.3 is 10.2 Å². The number of benzene rings is 2. The van der Waals surface area contributed by atoms with E-state index < -0.39 is 11.9 Å². The van der Waals surface area contributed by atoms with Gasteiger partial charge in [-0.25, -0.2) is 9.37 Å². The summed E-state index contributed by atoms with van der Waals surface area (Å²) in [5, 5.41) is 0.200. The van der Waals surface area contributed by atoms with Crippen LogP contribution >= 0.6 is 11.6 Å². The maximum atomic E-state index is 13.3. The van der Waals surface area contributed by atoms with Gasteiger partial charge in [0.25, 0.3) is 0 Å². The van der Waals surface area contributed by atoms with Crippen LogP contribution in [0.15, 0.2) is 46.9 Å². The molecule has 0 radical (unpaired) electrons. The van der Waals surface area contributed by atoms with E-state index in [2.05, 4.69) is 4.98 Å². The van der Waals surface area contributed by atoms with E-state index in [-0.39, 0.29) is 5.02 Å². The van der Waals surface area contributed by atoms with E-state index in [1.165, 1.54) is 12.1 Å². The second kappa shape index (κ2) is 5.23. The Morgan fingerprint density at radius 2 is 2.00 bits per heavy atom. The summed E-state index contributed by atoms with van der Waals surface area (Å²) < 4.78 is 18.8. The number of hydrogen-bond donors (Lipinski definition) is 1. The summed E-state index contributed by atoms with van der Waals surface area (Å²) in [7, 11) is 0. The van der Waals surface area contributed by atoms with Crippen LogP contribution in [0.4, 0.5) is 4.39 Å². The molecule has 1 unspecified atom stereocenters. The lowest BCUT2D eigenvalue weighted by molar-refractivity contribution is 0.474. The van der Waals surface area contributed by atoms with Crippen molar-refractivity contribution in [1.82, 2.24) is 4.98 Å². The van der Waals surface area contributed by atoms with Crippen LogP contribution in [0, 0.1) is 5.82 Å². The zero-order valence-electron chi connectivity index (χ0n) is 10.5. The second-order valence-corrected chi connectivity index (χ2v) is 4.99. The van der Waals surface area contributed by atoms with Crippen molar-refractivity contribution in [2.75, 3.05) is 0 Å². The Morgan fingerprint density at radius 3 is 2.75 bits per heavy atom. The van der Waals surface area contributed by atoms with Gasteiger partial charge in [0.05, 0.1) is 11.1 Å². The Kier molecular flexibility index (Phi) is 3.42. The number of fused-ring (bicyclic) bond motifs is 1. The molecule has 1 aromatic heterocycles. The molecule has 0 bridgehead atoms. The van der Waals surface area contributed by atoms with Crippen LogP contribution in [0.5, 0.6) is 0 Å². The molecule has 0 fully saturated rings. The minimum absolute atomic E-state index is 0.200. The van der Waals surface area contributed by atoms with E-state index in [1.807, 2.05) is 30.3 Å². The molecule has 0 aliphatic heterocycles. The Morgan fingerprint density at radius 1 is 1.25 bits per heavy atom. The number of nitrogens with two attached hydrogens (primary N) is 1. The summed E-state index contributed by atoms with van der Waals surface area (Å²) in [4.78, 5) is 4.21. The maximum Gasteiger partial charge on any atom is 0.212 e. The zero-order valence-corrected chi connectivity index (χ0v) is 11.3. The predicted octanol–water partition coefficient (Wildman–Crippen LogP) is 3.86. The fraction of sp³-hybridized carbons (Fsp3) is 0.133. The Labute approximate surface area is 120 Å². The number of halogens is 2. The number of rotatable bonds is 3. The van der Waals surface area contributed by atoms with Crippen molar-refractivity contribution >= 4 is 22.7 Å². The molecule has 5 heteroatoms. The molecule has 0 saturated heterocycles. The summed E-state index contributed by atoms with van der Waals surface area (Å²) in [6, 6.07) is 11.9. The summed E-state index contributed by atoms with van der Waals surface area (Å²) in [6.45, 7) is 0. The monoisotopic (exact) mass is 290 g/mol. The van der Waals surface area contributed by atoms with Crippen molar-refractivity contribution < 1.29 is 8.81 Å². The van der Waals surface area contributed by atoms with Gasteiger partial charge in [-0.05, 0) is 18.1 Å². The Hall–Kier alpha value is -1.91. The molecule has 20 heavy (non-hydrogen) atoms. The molecule has 102 valence electrons. The third kappa shape index (κ3) is 2.53. The Bertz CT molecular complexity index is 742. The normalized spacial score (nSPS) is 12.8. The lowest BCUT2D eigenvalue weighted by Gasteiger charge is -2.06. The average Bonchev–Trinajstić information content (AvgIpc) is 2.84. The second-order valence-electron chi connectivity index (χ2n) is 4.58. The van der Waals surface area contributed by atoms with E-state index in [0.717, 1.165) is 5.56 Å². The highest BCUT2D eigenvalue weighted by Gasteiger charge is 2.17. The van der Waals surface area contributed by atoms with E-state index in [1.54, 1.807) is 0 Å². The quantitative estimate of drug-likeness (QED) is 0.797. The molecule has 0 amide bonds. The van der Waals surface area contributed by atoms with Gasteiger partial charge in [-0.1, -0.05) is 41.9 Å². The number of nitrogens with zero attached hydrogens (tertiary/aromatic N) is 1. The van der Waals surface area contributed by atoms with Crippen molar-refractivity contribution in [2.45, 2.75) is 12.5 Å². The molecule has 2 N–H and O–H groups in total. The van der Waals surface area contributed by atoms with Crippen molar-refractivity contribution in [3.05, 3.63) is 64.8 Å². The smallest absolute Gasteiger partial charge is 0.212 e.